The topological polar surface area (TPSA) is 74.8 Å². The SMILES string of the molecule is CCC(C)c1ccc(S(=O)(=O)N2CCN(S(=O)(=O)c3cc(C)ccc3C)CC2)cc1. The number of rotatable bonds is 6. The first-order valence-electron chi connectivity index (χ1n) is 10.2. The van der Waals surface area contributed by atoms with Crippen molar-refractivity contribution in [3.05, 3.63) is 59.2 Å². The number of aryl methyl sites for hydroxylation is 2. The summed E-state index contributed by atoms with van der Waals surface area (Å²) in [5.74, 6) is 0.376. The fourth-order valence-corrected chi connectivity index (χ4v) is 6.78. The van der Waals surface area contributed by atoms with Gasteiger partial charge in [-0.3, -0.25) is 0 Å². The summed E-state index contributed by atoms with van der Waals surface area (Å²) in [5.41, 5.74) is 2.68. The van der Waals surface area contributed by atoms with Crippen LogP contribution in [0.2, 0.25) is 0 Å². The minimum Gasteiger partial charge on any atom is -0.207 e. The zero-order valence-corrected chi connectivity index (χ0v) is 19.6. The Labute approximate surface area is 180 Å². The molecule has 0 spiro atoms. The molecule has 1 saturated heterocycles. The highest BCUT2D eigenvalue weighted by molar-refractivity contribution is 7.89. The van der Waals surface area contributed by atoms with Crippen molar-refractivity contribution >= 4 is 20.0 Å². The molecule has 1 unspecified atom stereocenters. The van der Waals surface area contributed by atoms with E-state index in [-0.39, 0.29) is 31.1 Å². The largest absolute Gasteiger partial charge is 0.243 e. The van der Waals surface area contributed by atoms with Gasteiger partial charge in [-0.1, -0.05) is 38.1 Å². The molecule has 8 heteroatoms. The Morgan fingerprint density at radius 1 is 0.833 bits per heavy atom. The number of nitrogens with zero attached hydrogens (tertiary/aromatic N) is 2. The summed E-state index contributed by atoms with van der Waals surface area (Å²) in [6.07, 6.45) is 0.989. The summed E-state index contributed by atoms with van der Waals surface area (Å²) in [6, 6.07) is 12.4. The van der Waals surface area contributed by atoms with Crippen LogP contribution in [0.4, 0.5) is 0 Å². The lowest BCUT2D eigenvalue weighted by Crippen LogP contribution is -2.50. The molecule has 164 valence electrons. The van der Waals surface area contributed by atoms with Crippen LogP contribution in [0.1, 0.15) is 42.9 Å². The molecular weight excluding hydrogens is 420 g/mol. The molecule has 3 rings (SSSR count). The van der Waals surface area contributed by atoms with Gasteiger partial charge in [0.1, 0.15) is 0 Å². The molecule has 0 N–H and O–H groups in total. The van der Waals surface area contributed by atoms with E-state index < -0.39 is 20.0 Å². The van der Waals surface area contributed by atoms with Crippen LogP contribution in [0.25, 0.3) is 0 Å². The van der Waals surface area contributed by atoms with E-state index in [1.165, 1.54) is 8.61 Å². The van der Waals surface area contributed by atoms with Crippen LogP contribution in [0.5, 0.6) is 0 Å². The average Bonchev–Trinajstić information content (AvgIpc) is 2.75. The standard InChI is InChI=1S/C22H30N2O4S2/c1-5-18(3)20-8-10-21(11-9-20)29(25,26)23-12-14-24(15-13-23)30(27,28)22-16-17(2)6-7-19(22)4/h6-11,16,18H,5,12-15H2,1-4H3. The lowest BCUT2D eigenvalue weighted by Gasteiger charge is -2.33. The minimum atomic E-state index is -3.66. The van der Waals surface area contributed by atoms with Gasteiger partial charge in [0.2, 0.25) is 20.0 Å². The first-order valence-corrected chi connectivity index (χ1v) is 13.1. The molecule has 0 amide bonds. The summed E-state index contributed by atoms with van der Waals surface area (Å²) >= 11 is 0. The smallest absolute Gasteiger partial charge is 0.207 e. The molecule has 1 aliphatic heterocycles. The molecule has 0 aliphatic carbocycles. The Kier molecular flexibility index (Phi) is 6.72. The van der Waals surface area contributed by atoms with Gasteiger partial charge in [-0.2, -0.15) is 8.61 Å². The predicted molar refractivity (Wildman–Crippen MR) is 119 cm³/mol. The first-order chi connectivity index (χ1) is 14.1. The van der Waals surface area contributed by atoms with Crippen LogP contribution in [-0.2, 0) is 20.0 Å². The Bertz CT molecular complexity index is 1100. The fraction of sp³-hybridized carbons (Fsp3) is 0.455. The molecule has 1 heterocycles. The average molecular weight is 451 g/mol. The predicted octanol–water partition coefficient (Wildman–Crippen LogP) is 3.51. The maximum atomic E-state index is 13.1. The molecule has 0 radical (unpaired) electrons. The zero-order valence-electron chi connectivity index (χ0n) is 18.0. The second-order valence-corrected chi connectivity index (χ2v) is 11.8. The van der Waals surface area contributed by atoms with E-state index in [1.54, 1.807) is 31.2 Å². The van der Waals surface area contributed by atoms with E-state index in [0.29, 0.717) is 16.4 Å². The van der Waals surface area contributed by atoms with Gasteiger partial charge < -0.3 is 0 Å². The van der Waals surface area contributed by atoms with E-state index in [9.17, 15) is 16.8 Å². The van der Waals surface area contributed by atoms with E-state index in [0.717, 1.165) is 17.5 Å². The molecule has 1 fully saturated rings. The quantitative estimate of drug-likeness (QED) is 0.675. The minimum absolute atomic E-state index is 0.138. The normalized spacial score (nSPS) is 17.7. The van der Waals surface area contributed by atoms with Gasteiger partial charge >= 0.3 is 0 Å². The van der Waals surface area contributed by atoms with Crippen LogP contribution in [0.15, 0.2) is 52.3 Å². The van der Waals surface area contributed by atoms with Gasteiger partial charge in [-0.15, -0.1) is 0 Å². The lowest BCUT2D eigenvalue weighted by atomic mass is 9.99. The van der Waals surface area contributed by atoms with Crippen LogP contribution in [-0.4, -0.2) is 51.6 Å². The highest BCUT2D eigenvalue weighted by Gasteiger charge is 2.34. The van der Waals surface area contributed by atoms with E-state index in [1.807, 2.05) is 25.1 Å². The van der Waals surface area contributed by atoms with Gasteiger partial charge in [0.05, 0.1) is 9.79 Å². The molecule has 6 nitrogen and oxygen atoms in total. The molecule has 0 saturated carbocycles. The summed E-state index contributed by atoms with van der Waals surface area (Å²) in [4.78, 5) is 0.542. The van der Waals surface area contributed by atoms with E-state index >= 15 is 0 Å². The van der Waals surface area contributed by atoms with Gasteiger partial charge in [0.25, 0.3) is 0 Å². The molecule has 0 bridgehead atoms. The van der Waals surface area contributed by atoms with Crippen LogP contribution in [0.3, 0.4) is 0 Å². The molecule has 1 atom stereocenters. The number of benzene rings is 2. The van der Waals surface area contributed by atoms with Crippen molar-refractivity contribution in [2.45, 2.75) is 49.8 Å². The zero-order chi connectivity index (χ0) is 22.1. The number of sulfonamides is 2. The number of hydrogen-bond acceptors (Lipinski definition) is 4. The summed E-state index contributed by atoms with van der Waals surface area (Å²) < 4.78 is 54.9. The third-order valence-electron chi connectivity index (χ3n) is 5.86. The second kappa shape index (κ2) is 8.78. The summed E-state index contributed by atoms with van der Waals surface area (Å²) in [5, 5.41) is 0. The summed E-state index contributed by atoms with van der Waals surface area (Å²) in [7, 11) is -7.30. The maximum absolute atomic E-state index is 13.1. The van der Waals surface area contributed by atoms with Crippen LogP contribution >= 0.6 is 0 Å². The van der Waals surface area contributed by atoms with Crippen molar-refractivity contribution in [3.8, 4) is 0 Å². The molecule has 2 aromatic rings. The fourth-order valence-electron chi connectivity index (χ4n) is 3.63. The highest BCUT2D eigenvalue weighted by Crippen LogP contribution is 2.26. The van der Waals surface area contributed by atoms with Gasteiger partial charge in [-0.25, -0.2) is 16.8 Å². The molecule has 30 heavy (non-hydrogen) atoms. The maximum Gasteiger partial charge on any atom is 0.243 e. The molecule has 2 aromatic carbocycles. The van der Waals surface area contributed by atoms with Gasteiger partial charge in [0.15, 0.2) is 0 Å². The van der Waals surface area contributed by atoms with Crippen LogP contribution in [0, 0.1) is 13.8 Å². The number of piperazine rings is 1. The lowest BCUT2D eigenvalue weighted by molar-refractivity contribution is 0.272. The van der Waals surface area contributed by atoms with Crippen molar-refractivity contribution in [1.82, 2.24) is 8.61 Å². The molecule has 0 aromatic heterocycles. The Balaban J connectivity index is 1.75. The van der Waals surface area contributed by atoms with Crippen molar-refractivity contribution < 1.29 is 16.8 Å². The molecule has 1 aliphatic rings. The third kappa shape index (κ3) is 4.46. The second-order valence-electron chi connectivity index (χ2n) is 7.96. The molecular formula is C22H30N2O4S2. The monoisotopic (exact) mass is 450 g/mol. The Morgan fingerprint density at radius 3 is 1.90 bits per heavy atom. The summed E-state index contributed by atoms with van der Waals surface area (Å²) in [6.45, 7) is 8.39. The van der Waals surface area contributed by atoms with E-state index in [4.69, 9.17) is 0 Å². The van der Waals surface area contributed by atoms with Crippen molar-refractivity contribution in [1.29, 1.82) is 0 Å². The van der Waals surface area contributed by atoms with Gasteiger partial charge in [-0.05, 0) is 61.1 Å². The van der Waals surface area contributed by atoms with E-state index in [2.05, 4.69) is 13.8 Å². The Hall–Kier alpha value is -1.74. The van der Waals surface area contributed by atoms with Crippen molar-refractivity contribution in [2.24, 2.45) is 0 Å². The highest BCUT2D eigenvalue weighted by atomic mass is 32.2. The Morgan fingerprint density at radius 2 is 1.37 bits per heavy atom. The van der Waals surface area contributed by atoms with Crippen molar-refractivity contribution in [2.75, 3.05) is 26.2 Å². The first kappa shape index (κ1) is 22.9. The van der Waals surface area contributed by atoms with Crippen LogP contribution < -0.4 is 0 Å². The van der Waals surface area contributed by atoms with Gasteiger partial charge in [0, 0.05) is 26.2 Å². The number of hydrogen-bond donors (Lipinski definition) is 0. The third-order valence-corrected chi connectivity index (χ3v) is 9.81. The van der Waals surface area contributed by atoms with Crippen molar-refractivity contribution in [3.63, 3.8) is 0 Å².